The molecular formula is C27H37N3O. The number of hydrogen-bond donors (Lipinski definition) is 0. The summed E-state index contributed by atoms with van der Waals surface area (Å²) < 4.78 is 2.63. The van der Waals surface area contributed by atoms with Crippen molar-refractivity contribution in [2.45, 2.75) is 83.8 Å². The highest BCUT2D eigenvalue weighted by Gasteiger charge is 2.32. The molecule has 0 radical (unpaired) electrons. The Morgan fingerprint density at radius 3 is 2.52 bits per heavy atom. The fraction of sp³-hybridized carbons (Fsp3) is 0.667. The van der Waals surface area contributed by atoms with Crippen LogP contribution in [0.2, 0.25) is 0 Å². The van der Waals surface area contributed by atoms with Gasteiger partial charge in [0.15, 0.2) is 0 Å². The number of nitrogens with zero attached hydrogens (tertiary/aromatic N) is 3. The van der Waals surface area contributed by atoms with Crippen LogP contribution in [0.1, 0.15) is 79.9 Å². The molecule has 0 bridgehead atoms. The van der Waals surface area contributed by atoms with E-state index in [-0.39, 0.29) is 5.91 Å². The number of likely N-dealkylation sites (tertiary alicyclic amines) is 1. The van der Waals surface area contributed by atoms with Crippen molar-refractivity contribution in [1.82, 2.24) is 14.4 Å². The topological polar surface area (TPSA) is 28.5 Å². The van der Waals surface area contributed by atoms with Gasteiger partial charge >= 0.3 is 0 Å². The largest absolute Gasteiger partial charge is 0.344 e. The van der Waals surface area contributed by atoms with Crippen LogP contribution in [-0.4, -0.2) is 46.0 Å². The van der Waals surface area contributed by atoms with E-state index >= 15 is 0 Å². The number of hydrogen-bond acceptors (Lipinski definition) is 2. The van der Waals surface area contributed by atoms with E-state index in [2.05, 4.69) is 39.5 Å². The van der Waals surface area contributed by atoms with Gasteiger partial charge in [0.05, 0.1) is 0 Å². The van der Waals surface area contributed by atoms with Crippen molar-refractivity contribution in [1.29, 1.82) is 0 Å². The molecule has 4 heteroatoms. The molecule has 1 saturated heterocycles. The second kappa shape index (κ2) is 7.95. The van der Waals surface area contributed by atoms with Crippen molar-refractivity contribution in [2.75, 3.05) is 19.6 Å². The Bertz CT molecular complexity index is 974. The normalized spacial score (nSPS) is 23.6. The summed E-state index contributed by atoms with van der Waals surface area (Å²) in [4.78, 5) is 18.1. The Morgan fingerprint density at radius 2 is 1.77 bits per heavy atom. The van der Waals surface area contributed by atoms with Crippen LogP contribution in [-0.2, 0) is 19.5 Å². The van der Waals surface area contributed by atoms with E-state index in [9.17, 15) is 4.79 Å². The zero-order chi connectivity index (χ0) is 20.9. The van der Waals surface area contributed by atoms with Crippen LogP contribution < -0.4 is 0 Å². The SMILES string of the molecule is CC1CCN(C(=O)c2ccc3c(c2)c2c(n3CC3CC3)CCN(C3CCCC3)C2)CC1. The molecular weight excluding hydrogens is 382 g/mol. The number of amides is 1. The molecule has 3 fully saturated rings. The maximum Gasteiger partial charge on any atom is 0.253 e. The predicted octanol–water partition coefficient (Wildman–Crippen LogP) is 5.22. The lowest BCUT2D eigenvalue weighted by atomic mass is 9.98. The maximum absolute atomic E-state index is 13.3. The zero-order valence-electron chi connectivity index (χ0n) is 19.1. The van der Waals surface area contributed by atoms with E-state index in [1.807, 2.05) is 0 Å². The molecule has 4 nitrogen and oxygen atoms in total. The monoisotopic (exact) mass is 419 g/mol. The smallest absolute Gasteiger partial charge is 0.253 e. The van der Waals surface area contributed by atoms with E-state index in [0.29, 0.717) is 0 Å². The zero-order valence-corrected chi connectivity index (χ0v) is 19.1. The second-order valence-electron chi connectivity index (χ2n) is 10.8. The number of aromatic nitrogens is 1. The number of carbonyl (C=O) groups excluding carboxylic acids is 1. The molecule has 0 N–H and O–H groups in total. The van der Waals surface area contributed by atoms with Crippen molar-refractivity contribution >= 4 is 16.8 Å². The molecule has 6 rings (SSSR count). The van der Waals surface area contributed by atoms with Crippen molar-refractivity contribution in [3.8, 4) is 0 Å². The molecule has 0 unspecified atom stereocenters. The van der Waals surface area contributed by atoms with Crippen molar-refractivity contribution in [3.05, 3.63) is 35.0 Å². The average Bonchev–Trinajstić information content (AvgIpc) is 3.35. The minimum atomic E-state index is 0.237. The second-order valence-corrected chi connectivity index (χ2v) is 10.8. The summed E-state index contributed by atoms with van der Waals surface area (Å²) in [6.07, 6.45) is 11.7. The van der Waals surface area contributed by atoms with Gasteiger partial charge in [-0.05, 0) is 74.1 Å². The molecule has 1 aromatic carbocycles. The minimum Gasteiger partial charge on any atom is -0.344 e. The Balaban J connectivity index is 1.35. The van der Waals surface area contributed by atoms with Crippen molar-refractivity contribution < 1.29 is 4.79 Å². The summed E-state index contributed by atoms with van der Waals surface area (Å²) >= 11 is 0. The molecule has 2 aliphatic carbocycles. The molecule has 0 spiro atoms. The van der Waals surface area contributed by atoms with Crippen LogP contribution in [0.5, 0.6) is 0 Å². The molecule has 2 aromatic rings. The van der Waals surface area contributed by atoms with Gasteiger partial charge in [0.2, 0.25) is 0 Å². The first kappa shape index (κ1) is 19.8. The third-order valence-corrected chi connectivity index (χ3v) is 8.58. The molecule has 2 aliphatic heterocycles. The number of carbonyl (C=O) groups is 1. The summed E-state index contributed by atoms with van der Waals surface area (Å²) in [5.74, 6) is 1.85. The van der Waals surface area contributed by atoms with Crippen LogP contribution in [0, 0.1) is 11.8 Å². The Labute approximate surface area is 186 Å². The van der Waals surface area contributed by atoms with Gasteiger partial charge in [-0.2, -0.15) is 0 Å². The Kier molecular flexibility index (Phi) is 5.09. The Morgan fingerprint density at radius 1 is 1.00 bits per heavy atom. The third-order valence-electron chi connectivity index (χ3n) is 8.58. The Hall–Kier alpha value is -1.81. The lowest BCUT2D eigenvalue weighted by Crippen LogP contribution is -2.38. The first-order valence-corrected chi connectivity index (χ1v) is 12.8. The van der Waals surface area contributed by atoms with Gasteiger partial charge in [-0.15, -0.1) is 0 Å². The summed E-state index contributed by atoms with van der Waals surface area (Å²) in [7, 11) is 0. The van der Waals surface area contributed by atoms with Crippen molar-refractivity contribution in [2.24, 2.45) is 11.8 Å². The number of piperidine rings is 1. The van der Waals surface area contributed by atoms with Crippen LogP contribution in [0.3, 0.4) is 0 Å². The number of benzene rings is 1. The first-order valence-electron chi connectivity index (χ1n) is 12.8. The maximum atomic E-state index is 13.3. The van der Waals surface area contributed by atoms with Crippen molar-refractivity contribution in [3.63, 3.8) is 0 Å². The van der Waals surface area contributed by atoms with Gasteiger partial charge < -0.3 is 9.47 Å². The van der Waals surface area contributed by atoms with Gasteiger partial charge in [-0.3, -0.25) is 9.69 Å². The fourth-order valence-electron chi connectivity index (χ4n) is 6.35. The molecule has 31 heavy (non-hydrogen) atoms. The lowest BCUT2D eigenvalue weighted by molar-refractivity contribution is 0.0697. The predicted molar refractivity (Wildman–Crippen MR) is 125 cm³/mol. The van der Waals surface area contributed by atoms with E-state index < -0.39 is 0 Å². The quantitative estimate of drug-likeness (QED) is 0.679. The van der Waals surface area contributed by atoms with Gasteiger partial charge in [0.1, 0.15) is 0 Å². The van der Waals surface area contributed by atoms with E-state index in [4.69, 9.17) is 0 Å². The fourth-order valence-corrected chi connectivity index (χ4v) is 6.35. The number of rotatable bonds is 4. The molecule has 2 saturated carbocycles. The van der Waals surface area contributed by atoms with Gasteiger partial charge in [0, 0.05) is 67.3 Å². The summed E-state index contributed by atoms with van der Waals surface area (Å²) in [6.45, 7) is 7.58. The average molecular weight is 420 g/mol. The van der Waals surface area contributed by atoms with Gasteiger partial charge in [0.25, 0.3) is 5.91 Å². The summed E-state index contributed by atoms with van der Waals surface area (Å²) in [5.41, 5.74) is 5.35. The van der Waals surface area contributed by atoms with E-state index in [1.54, 1.807) is 5.69 Å². The first-order chi connectivity index (χ1) is 15.2. The molecule has 1 aromatic heterocycles. The molecule has 1 amide bonds. The highest BCUT2D eigenvalue weighted by Crippen LogP contribution is 2.38. The standard InChI is InChI=1S/C27H37N3O/c1-19-10-13-28(14-11-19)27(31)21-8-9-25-23(16-21)24-18-29(22-4-2-3-5-22)15-12-26(24)30(25)17-20-6-7-20/h8-9,16,19-20,22H,2-7,10-15,17-18H2,1H3. The van der Waals surface area contributed by atoms with Gasteiger partial charge in [-0.1, -0.05) is 19.8 Å². The molecule has 3 heterocycles. The molecule has 4 aliphatic rings. The van der Waals surface area contributed by atoms with E-state index in [0.717, 1.165) is 55.9 Å². The van der Waals surface area contributed by atoms with Crippen LogP contribution in [0.15, 0.2) is 18.2 Å². The summed E-state index contributed by atoms with van der Waals surface area (Å²) in [6, 6.07) is 7.38. The highest BCUT2D eigenvalue weighted by atomic mass is 16.2. The third kappa shape index (κ3) is 3.71. The van der Waals surface area contributed by atoms with Gasteiger partial charge in [-0.25, -0.2) is 0 Å². The summed E-state index contributed by atoms with van der Waals surface area (Å²) in [5, 5.41) is 1.36. The van der Waals surface area contributed by atoms with Crippen LogP contribution in [0.25, 0.3) is 10.9 Å². The van der Waals surface area contributed by atoms with Crippen LogP contribution >= 0.6 is 0 Å². The lowest BCUT2D eigenvalue weighted by Gasteiger charge is -2.33. The number of fused-ring (bicyclic) bond motifs is 3. The molecule has 166 valence electrons. The van der Waals surface area contributed by atoms with E-state index in [1.165, 1.54) is 74.5 Å². The minimum absolute atomic E-state index is 0.237. The molecule has 0 atom stereocenters. The van der Waals surface area contributed by atoms with Crippen LogP contribution in [0.4, 0.5) is 0 Å². The highest BCUT2D eigenvalue weighted by molar-refractivity contribution is 5.99.